The van der Waals surface area contributed by atoms with Crippen molar-refractivity contribution in [1.82, 2.24) is 9.55 Å². The number of esters is 1. The molecule has 0 aromatic carbocycles. The summed E-state index contributed by atoms with van der Waals surface area (Å²) < 4.78 is 6.36. The third-order valence-corrected chi connectivity index (χ3v) is 2.61. The predicted octanol–water partition coefficient (Wildman–Crippen LogP) is 1.47. The SMILES string of the molecule is COC(=O)c1ncn(C(C)C(C)C)c1N. The van der Waals surface area contributed by atoms with Gasteiger partial charge in [-0.1, -0.05) is 13.8 Å². The number of ether oxygens (including phenoxy) is 1. The van der Waals surface area contributed by atoms with Gasteiger partial charge in [-0.05, 0) is 12.8 Å². The molecule has 1 heterocycles. The summed E-state index contributed by atoms with van der Waals surface area (Å²) >= 11 is 0. The van der Waals surface area contributed by atoms with Gasteiger partial charge in [0.05, 0.1) is 13.4 Å². The van der Waals surface area contributed by atoms with Gasteiger partial charge in [0.25, 0.3) is 0 Å². The zero-order chi connectivity index (χ0) is 11.6. The Morgan fingerprint density at radius 3 is 2.60 bits per heavy atom. The van der Waals surface area contributed by atoms with E-state index in [1.807, 2.05) is 6.92 Å². The van der Waals surface area contributed by atoms with Crippen LogP contribution in [0.2, 0.25) is 0 Å². The van der Waals surface area contributed by atoms with Gasteiger partial charge in [0, 0.05) is 6.04 Å². The van der Waals surface area contributed by atoms with Gasteiger partial charge in [-0.25, -0.2) is 9.78 Å². The molecule has 0 aliphatic carbocycles. The lowest BCUT2D eigenvalue weighted by Gasteiger charge is -2.18. The van der Waals surface area contributed by atoms with Crippen molar-refractivity contribution in [2.24, 2.45) is 5.92 Å². The Labute approximate surface area is 89.2 Å². The predicted molar refractivity (Wildman–Crippen MR) is 57.5 cm³/mol. The number of hydrogen-bond donors (Lipinski definition) is 1. The molecule has 1 unspecified atom stereocenters. The number of methoxy groups -OCH3 is 1. The first kappa shape index (κ1) is 11.6. The molecule has 0 spiro atoms. The van der Waals surface area contributed by atoms with Crippen LogP contribution in [0.15, 0.2) is 6.33 Å². The highest BCUT2D eigenvalue weighted by Gasteiger charge is 2.19. The highest BCUT2D eigenvalue weighted by atomic mass is 16.5. The van der Waals surface area contributed by atoms with E-state index in [4.69, 9.17) is 5.73 Å². The van der Waals surface area contributed by atoms with Crippen molar-refractivity contribution in [3.63, 3.8) is 0 Å². The van der Waals surface area contributed by atoms with Gasteiger partial charge in [-0.3, -0.25) is 0 Å². The minimum Gasteiger partial charge on any atom is -0.464 e. The minimum atomic E-state index is -0.498. The highest BCUT2D eigenvalue weighted by Crippen LogP contribution is 2.22. The molecule has 0 amide bonds. The lowest BCUT2D eigenvalue weighted by molar-refractivity contribution is 0.0596. The number of aromatic nitrogens is 2. The number of nitrogen functional groups attached to an aromatic ring is 1. The second-order valence-electron chi connectivity index (χ2n) is 3.86. The Morgan fingerprint density at radius 1 is 1.53 bits per heavy atom. The Bertz CT molecular complexity index is 358. The molecule has 1 aromatic heterocycles. The first-order chi connectivity index (χ1) is 6.99. The van der Waals surface area contributed by atoms with Crippen LogP contribution in [0, 0.1) is 5.92 Å². The van der Waals surface area contributed by atoms with E-state index in [0.29, 0.717) is 11.7 Å². The van der Waals surface area contributed by atoms with Crippen molar-refractivity contribution in [1.29, 1.82) is 0 Å². The maximum Gasteiger partial charge on any atom is 0.360 e. The molecule has 84 valence electrons. The van der Waals surface area contributed by atoms with Crippen LogP contribution < -0.4 is 5.73 Å². The summed E-state index contributed by atoms with van der Waals surface area (Å²) in [5.41, 5.74) is 6.00. The molecule has 1 rings (SSSR count). The maximum absolute atomic E-state index is 11.3. The third kappa shape index (κ3) is 2.11. The summed E-state index contributed by atoms with van der Waals surface area (Å²) in [7, 11) is 1.31. The number of nitrogens with zero attached hydrogens (tertiary/aromatic N) is 2. The topological polar surface area (TPSA) is 70.1 Å². The molecule has 2 N–H and O–H groups in total. The number of carbonyl (C=O) groups excluding carboxylic acids is 1. The second-order valence-corrected chi connectivity index (χ2v) is 3.86. The van der Waals surface area contributed by atoms with Crippen molar-refractivity contribution < 1.29 is 9.53 Å². The lowest BCUT2D eigenvalue weighted by atomic mass is 10.1. The van der Waals surface area contributed by atoms with Crippen LogP contribution in [0.4, 0.5) is 5.82 Å². The molecule has 0 fully saturated rings. The summed E-state index contributed by atoms with van der Waals surface area (Å²) in [5, 5.41) is 0. The van der Waals surface area contributed by atoms with Crippen LogP contribution in [0.3, 0.4) is 0 Å². The smallest absolute Gasteiger partial charge is 0.360 e. The van der Waals surface area contributed by atoms with E-state index in [0.717, 1.165) is 0 Å². The van der Waals surface area contributed by atoms with Crippen molar-refractivity contribution in [2.75, 3.05) is 12.8 Å². The van der Waals surface area contributed by atoms with Crippen LogP contribution in [-0.2, 0) is 4.74 Å². The summed E-state index contributed by atoms with van der Waals surface area (Å²) in [4.78, 5) is 15.2. The summed E-state index contributed by atoms with van der Waals surface area (Å²) in [6.45, 7) is 6.20. The fraction of sp³-hybridized carbons (Fsp3) is 0.600. The fourth-order valence-corrected chi connectivity index (χ4v) is 1.27. The number of carbonyl (C=O) groups is 1. The molecular weight excluding hydrogens is 194 g/mol. The molecule has 5 heteroatoms. The lowest BCUT2D eigenvalue weighted by Crippen LogP contribution is -2.14. The Balaban J connectivity index is 3.04. The summed E-state index contributed by atoms with van der Waals surface area (Å²) in [6, 6.07) is 0.205. The largest absolute Gasteiger partial charge is 0.464 e. The molecule has 0 aliphatic heterocycles. The molecule has 15 heavy (non-hydrogen) atoms. The van der Waals surface area contributed by atoms with E-state index in [9.17, 15) is 4.79 Å². The van der Waals surface area contributed by atoms with Crippen molar-refractivity contribution in [2.45, 2.75) is 26.8 Å². The van der Waals surface area contributed by atoms with Crippen molar-refractivity contribution in [3.8, 4) is 0 Å². The monoisotopic (exact) mass is 211 g/mol. The number of anilines is 1. The van der Waals surface area contributed by atoms with Crippen LogP contribution in [0.25, 0.3) is 0 Å². The second kappa shape index (κ2) is 4.33. The average molecular weight is 211 g/mol. The van der Waals surface area contributed by atoms with E-state index in [-0.39, 0.29) is 11.7 Å². The number of hydrogen-bond acceptors (Lipinski definition) is 4. The van der Waals surface area contributed by atoms with Gasteiger partial charge in [0.2, 0.25) is 0 Å². The Hall–Kier alpha value is -1.52. The van der Waals surface area contributed by atoms with Crippen molar-refractivity contribution in [3.05, 3.63) is 12.0 Å². The van der Waals surface area contributed by atoms with Gasteiger partial charge >= 0.3 is 5.97 Å². The van der Waals surface area contributed by atoms with E-state index < -0.39 is 5.97 Å². The standard InChI is InChI=1S/C10H17N3O2/c1-6(2)7(3)13-5-12-8(9(13)11)10(14)15-4/h5-7H,11H2,1-4H3. The van der Waals surface area contributed by atoms with Crippen LogP contribution >= 0.6 is 0 Å². The van der Waals surface area contributed by atoms with E-state index in [1.54, 1.807) is 10.9 Å². The van der Waals surface area contributed by atoms with Gasteiger partial charge in [0.15, 0.2) is 5.69 Å². The number of rotatable bonds is 3. The first-order valence-corrected chi connectivity index (χ1v) is 4.89. The zero-order valence-corrected chi connectivity index (χ0v) is 9.52. The van der Waals surface area contributed by atoms with Crippen LogP contribution in [0.1, 0.15) is 37.3 Å². The molecule has 0 radical (unpaired) electrons. The third-order valence-electron chi connectivity index (χ3n) is 2.61. The normalized spacial score (nSPS) is 12.9. The molecule has 0 aliphatic rings. The zero-order valence-electron chi connectivity index (χ0n) is 9.52. The van der Waals surface area contributed by atoms with Crippen LogP contribution in [-0.4, -0.2) is 22.6 Å². The summed E-state index contributed by atoms with van der Waals surface area (Å²) in [6.07, 6.45) is 1.58. The Kier molecular flexibility index (Phi) is 3.34. The van der Waals surface area contributed by atoms with E-state index >= 15 is 0 Å². The van der Waals surface area contributed by atoms with Gasteiger partial charge in [-0.15, -0.1) is 0 Å². The maximum atomic E-state index is 11.3. The van der Waals surface area contributed by atoms with E-state index in [1.165, 1.54) is 7.11 Å². The van der Waals surface area contributed by atoms with Gasteiger partial charge in [0.1, 0.15) is 5.82 Å². The van der Waals surface area contributed by atoms with E-state index in [2.05, 4.69) is 23.6 Å². The highest BCUT2D eigenvalue weighted by molar-refractivity contribution is 5.92. The molecule has 0 bridgehead atoms. The quantitative estimate of drug-likeness (QED) is 0.768. The number of nitrogens with two attached hydrogens (primary N) is 1. The van der Waals surface area contributed by atoms with Crippen molar-refractivity contribution >= 4 is 11.8 Å². The summed E-state index contributed by atoms with van der Waals surface area (Å²) in [5.74, 6) is 0.289. The molecule has 1 aromatic rings. The molecular formula is C10H17N3O2. The molecule has 0 saturated heterocycles. The fourth-order valence-electron chi connectivity index (χ4n) is 1.27. The molecule has 5 nitrogen and oxygen atoms in total. The average Bonchev–Trinajstić information content (AvgIpc) is 2.57. The Morgan fingerprint density at radius 2 is 2.13 bits per heavy atom. The molecule has 0 saturated carbocycles. The van der Waals surface area contributed by atoms with Gasteiger partial charge < -0.3 is 15.0 Å². The number of imidazole rings is 1. The first-order valence-electron chi connectivity index (χ1n) is 4.89. The van der Waals surface area contributed by atoms with Crippen LogP contribution in [0.5, 0.6) is 0 Å². The minimum absolute atomic E-state index is 0.185. The molecule has 1 atom stereocenters. The van der Waals surface area contributed by atoms with Gasteiger partial charge in [-0.2, -0.15) is 0 Å².